The molecule has 0 aliphatic carbocycles. The number of nitrogens with one attached hydrogen (secondary N) is 1. The average molecular weight is 397 g/mol. The molecule has 2 aromatic rings. The van der Waals surface area contributed by atoms with Gasteiger partial charge in [0.1, 0.15) is 0 Å². The van der Waals surface area contributed by atoms with Crippen LogP contribution in [-0.4, -0.2) is 36.6 Å². The molecule has 1 atom stereocenters. The van der Waals surface area contributed by atoms with Crippen LogP contribution in [0.25, 0.3) is 6.08 Å². The fourth-order valence-electron chi connectivity index (χ4n) is 2.45. The lowest BCUT2D eigenvalue weighted by atomic mass is 10.0. The number of benzene rings is 2. The molecule has 0 bridgehead atoms. The van der Waals surface area contributed by atoms with Crippen molar-refractivity contribution in [2.24, 2.45) is 0 Å². The molecule has 0 spiro atoms. The van der Waals surface area contributed by atoms with Gasteiger partial charge < -0.3 is 10.1 Å². The summed E-state index contributed by atoms with van der Waals surface area (Å²) in [5, 5.41) is 2.61. The molecule has 0 aromatic heterocycles. The molecule has 28 heavy (non-hydrogen) atoms. The minimum Gasteiger partial charge on any atom is -0.452 e. The van der Waals surface area contributed by atoms with E-state index in [1.807, 2.05) is 60.9 Å². The Hall–Kier alpha value is -2.86. The van der Waals surface area contributed by atoms with Gasteiger partial charge in [0.2, 0.25) is 0 Å². The van der Waals surface area contributed by atoms with Crippen molar-refractivity contribution in [3.05, 3.63) is 71.8 Å². The van der Waals surface area contributed by atoms with Gasteiger partial charge in [-0.15, -0.1) is 11.8 Å². The molecule has 6 heteroatoms. The first-order chi connectivity index (χ1) is 13.5. The first-order valence-electron chi connectivity index (χ1n) is 8.80. The molecule has 1 amide bonds. The standard InChI is InChI=1S/C22H23NO4S/c1-16(24)20(14-18-6-4-3-5-7-18)23-21(25)15-27-22(26)13-10-17-8-11-19(28-2)12-9-17/h3-13,20H,14-15H2,1-2H3,(H,23,25). The van der Waals surface area contributed by atoms with Crippen molar-refractivity contribution in [1.82, 2.24) is 5.32 Å². The Labute approximate surface area is 169 Å². The van der Waals surface area contributed by atoms with Gasteiger partial charge in [-0.1, -0.05) is 42.5 Å². The second kappa shape index (κ2) is 11.1. The van der Waals surface area contributed by atoms with Crippen LogP contribution >= 0.6 is 11.8 Å². The van der Waals surface area contributed by atoms with E-state index >= 15 is 0 Å². The summed E-state index contributed by atoms with van der Waals surface area (Å²) in [6.45, 7) is 0.984. The quantitative estimate of drug-likeness (QED) is 0.399. The summed E-state index contributed by atoms with van der Waals surface area (Å²) in [5.74, 6) is -1.29. The van der Waals surface area contributed by atoms with Gasteiger partial charge in [-0.25, -0.2) is 4.79 Å². The van der Waals surface area contributed by atoms with Crippen molar-refractivity contribution in [2.45, 2.75) is 24.3 Å². The fourth-order valence-corrected chi connectivity index (χ4v) is 2.85. The second-order valence-corrected chi connectivity index (χ2v) is 7.01. The lowest BCUT2D eigenvalue weighted by Gasteiger charge is -2.16. The molecule has 146 valence electrons. The number of esters is 1. The van der Waals surface area contributed by atoms with Crippen molar-refractivity contribution in [2.75, 3.05) is 12.9 Å². The zero-order valence-electron chi connectivity index (χ0n) is 15.9. The van der Waals surface area contributed by atoms with Gasteiger partial charge in [-0.3, -0.25) is 9.59 Å². The summed E-state index contributed by atoms with van der Waals surface area (Å²) in [5.41, 5.74) is 1.80. The van der Waals surface area contributed by atoms with Crippen LogP contribution < -0.4 is 5.32 Å². The van der Waals surface area contributed by atoms with Gasteiger partial charge in [0.15, 0.2) is 12.4 Å². The minimum absolute atomic E-state index is 0.155. The summed E-state index contributed by atoms with van der Waals surface area (Å²) in [4.78, 5) is 36.7. The van der Waals surface area contributed by atoms with Gasteiger partial charge in [-0.2, -0.15) is 0 Å². The number of carbonyl (C=O) groups excluding carboxylic acids is 3. The Bertz CT molecular complexity index is 831. The van der Waals surface area contributed by atoms with E-state index in [1.54, 1.807) is 17.8 Å². The highest BCUT2D eigenvalue weighted by Gasteiger charge is 2.18. The number of hydrogen-bond acceptors (Lipinski definition) is 5. The van der Waals surface area contributed by atoms with E-state index in [1.165, 1.54) is 13.0 Å². The number of ether oxygens (including phenoxy) is 1. The van der Waals surface area contributed by atoms with E-state index in [0.717, 1.165) is 16.0 Å². The van der Waals surface area contributed by atoms with Gasteiger partial charge >= 0.3 is 5.97 Å². The number of Topliss-reactive ketones (excluding diaryl/α,β-unsaturated/α-hetero) is 1. The molecule has 0 heterocycles. The molecule has 2 rings (SSSR count). The zero-order chi connectivity index (χ0) is 20.4. The first-order valence-corrected chi connectivity index (χ1v) is 10.0. The number of thioether (sulfide) groups is 1. The third-order valence-electron chi connectivity index (χ3n) is 3.98. The van der Waals surface area contributed by atoms with Crippen LogP contribution in [0.4, 0.5) is 0 Å². The van der Waals surface area contributed by atoms with Gasteiger partial charge in [0.25, 0.3) is 5.91 Å². The van der Waals surface area contributed by atoms with Crippen LogP contribution in [-0.2, 0) is 25.5 Å². The molecule has 1 unspecified atom stereocenters. The van der Waals surface area contributed by atoms with E-state index in [-0.39, 0.29) is 5.78 Å². The van der Waals surface area contributed by atoms with Gasteiger partial charge in [-0.05, 0) is 48.9 Å². The summed E-state index contributed by atoms with van der Waals surface area (Å²) in [6.07, 6.45) is 5.28. The van der Waals surface area contributed by atoms with Gasteiger partial charge in [0, 0.05) is 11.0 Å². The average Bonchev–Trinajstić information content (AvgIpc) is 2.71. The Kier molecular flexibility index (Phi) is 8.49. The molecule has 5 nitrogen and oxygen atoms in total. The van der Waals surface area contributed by atoms with E-state index in [2.05, 4.69) is 5.32 Å². The monoisotopic (exact) mass is 397 g/mol. The van der Waals surface area contributed by atoms with Crippen LogP contribution in [0.1, 0.15) is 18.1 Å². The molecular weight excluding hydrogens is 374 g/mol. The maximum absolute atomic E-state index is 12.0. The van der Waals surface area contributed by atoms with Crippen LogP contribution in [0.15, 0.2) is 65.6 Å². The summed E-state index contributed by atoms with van der Waals surface area (Å²) >= 11 is 1.64. The lowest BCUT2D eigenvalue weighted by Crippen LogP contribution is -2.43. The molecule has 0 radical (unpaired) electrons. The molecule has 0 aliphatic rings. The highest BCUT2D eigenvalue weighted by atomic mass is 32.2. The maximum atomic E-state index is 12.0. The van der Waals surface area contributed by atoms with E-state index in [4.69, 9.17) is 4.74 Å². The molecule has 0 fully saturated rings. The van der Waals surface area contributed by atoms with Crippen molar-refractivity contribution in [3.8, 4) is 0 Å². The second-order valence-electron chi connectivity index (χ2n) is 6.13. The number of amides is 1. The van der Waals surface area contributed by atoms with Crippen LogP contribution in [0, 0.1) is 0 Å². The van der Waals surface area contributed by atoms with Crippen molar-refractivity contribution in [3.63, 3.8) is 0 Å². The highest BCUT2D eigenvalue weighted by molar-refractivity contribution is 7.98. The number of hydrogen-bond donors (Lipinski definition) is 1. The summed E-state index contributed by atoms with van der Waals surface area (Å²) < 4.78 is 4.95. The number of carbonyl (C=O) groups is 3. The first kappa shape index (κ1) is 21.4. The van der Waals surface area contributed by atoms with Crippen molar-refractivity contribution < 1.29 is 19.1 Å². The van der Waals surface area contributed by atoms with Gasteiger partial charge in [0.05, 0.1) is 6.04 Å². The Morgan fingerprint density at radius 2 is 1.75 bits per heavy atom. The van der Waals surface area contributed by atoms with Crippen LogP contribution in [0.5, 0.6) is 0 Å². The SMILES string of the molecule is CSc1ccc(C=CC(=O)OCC(=O)NC(Cc2ccccc2)C(C)=O)cc1. The van der Waals surface area contributed by atoms with E-state index < -0.39 is 24.5 Å². The fraction of sp³-hybridized carbons (Fsp3) is 0.227. The number of rotatable bonds is 9. The third kappa shape index (κ3) is 7.40. The van der Waals surface area contributed by atoms with E-state index in [0.29, 0.717) is 6.42 Å². The third-order valence-corrected chi connectivity index (χ3v) is 4.73. The van der Waals surface area contributed by atoms with Crippen molar-refractivity contribution >= 4 is 35.5 Å². The smallest absolute Gasteiger partial charge is 0.331 e. The Balaban J connectivity index is 1.81. The van der Waals surface area contributed by atoms with Crippen LogP contribution in [0.3, 0.4) is 0 Å². The van der Waals surface area contributed by atoms with Crippen LogP contribution in [0.2, 0.25) is 0 Å². The minimum atomic E-state index is -0.654. The molecule has 0 saturated heterocycles. The normalized spacial score (nSPS) is 11.8. The van der Waals surface area contributed by atoms with Crippen molar-refractivity contribution in [1.29, 1.82) is 0 Å². The Morgan fingerprint density at radius 1 is 1.07 bits per heavy atom. The predicted octanol–water partition coefficient (Wildman–Crippen LogP) is 3.28. The molecule has 0 aliphatic heterocycles. The van der Waals surface area contributed by atoms with E-state index in [9.17, 15) is 14.4 Å². The lowest BCUT2D eigenvalue weighted by molar-refractivity contribution is -0.144. The summed E-state index contributed by atoms with van der Waals surface area (Å²) in [7, 11) is 0. The largest absolute Gasteiger partial charge is 0.452 e. The highest BCUT2D eigenvalue weighted by Crippen LogP contribution is 2.15. The topological polar surface area (TPSA) is 72.5 Å². The molecule has 2 aromatic carbocycles. The summed E-state index contributed by atoms with van der Waals surface area (Å²) in [6, 6.07) is 16.4. The molecular formula is C22H23NO4S. The zero-order valence-corrected chi connectivity index (χ0v) is 16.7. The maximum Gasteiger partial charge on any atom is 0.331 e. The molecule has 1 N–H and O–H groups in total. The number of ketones is 1. The Morgan fingerprint density at radius 3 is 2.36 bits per heavy atom. The molecule has 0 saturated carbocycles. The predicted molar refractivity (Wildman–Crippen MR) is 111 cm³/mol.